The van der Waals surface area contributed by atoms with E-state index in [4.69, 9.17) is 5.11 Å². The van der Waals surface area contributed by atoms with Crippen molar-refractivity contribution in [2.45, 2.75) is 29.5 Å². The molecule has 184 valence electrons. The van der Waals surface area contributed by atoms with Gasteiger partial charge in [-0.15, -0.1) is 28.2 Å². The number of carboxylic acids is 3. The van der Waals surface area contributed by atoms with Crippen LogP contribution in [0.2, 0.25) is 0 Å². The number of carboxylic acid groups (broad SMARTS) is 3. The summed E-state index contributed by atoms with van der Waals surface area (Å²) in [5.41, 5.74) is 0.253. The van der Waals surface area contributed by atoms with Crippen molar-refractivity contribution in [1.29, 1.82) is 0 Å². The van der Waals surface area contributed by atoms with Crippen LogP contribution in [0, 0.1) is 0 Å². The molecule has 0 aliphatic carbocycles. The molecule has 2 aromatic heterocycles. The van der Waals surface area contributed by atoms with Gasteiger partial charge >= 0.3 is 17.9 Å². The number of rotatable bonds is 10. The number of carbonyl (C=O) groups is 5. The van der Waals surface area contributed by atoms with Gasteiger partial charge in [0.1, 0.15) is 23.7 Å². The van der Waals surface area contributed by atoms with Crippen LogP contribution in [0.15, 0.2) is 27.9 Å². The fraction of sp³-hybridized carbons (Fsp3) is 0.333. The van der Waals surface area contributed by atoms with Crippen molar-refractivity contribution in [2.75, 3.05) is 11.5 Å². The smallest absolute Gasteiger partial charge is 0.352 e. The Hall–Kier alpha value is -3.44. The lowest BCUT2D eigenvalue weighted by atomic mass is 10.0. The molecular weight excluding hydrogens is 524 g/mol. The van der Waals surface area contributed by atoms with Crippen LogP contribution in [0.3, 0.4) is 0 Å². The molecule has 35 heavy (non-hydrogen) atoms. The molecule has 0 saturated carbocycles. The van der Waals surface area contributed by atoms with Gasteiger partial charge in [0.2, 0.25) is 11.1 Å². The van der Waals surface area contributed by atoms with Crippen LogP contribution in [0.4, 0.5) is 0 Å². The zero-order valence-corrected chi connectivity index (χ0v) is 19.9. The third-order valence-corrected chi connectivity index (χ3v) is 8.33. The second-order valence-electron chi connectivity index (χ2n) is 7.25. The maximum absolute atomic E-state index is 12.8. The molecule has 2 aliphatic rings. The van der Waals surface area contributed by atoms with E-state index in [-0.39, 0.29) is 34.3 Å². The zero-order valence-electron chi connectivity index (χ0n) is 17.5. The maximum Gasteiger partial charge on any atom is 0.352 e. The van der Waals surface area contributed by atoms with Crippen molar-refractivity contribution < 1.29 is 39.3 Å². The lowest BCUT2D eigenvalue weighted by Gasteiger charge is -2.49. The molecule has 17 heteroatoms. The van der Waals surface area contributed by atoms with E-state index < -0.39 is 47.7 Å². The van der Waals surface area contributed by atoms with Crippen LogP contribution in [-0.2, 0) is 32.1 Å². The highest BCUT2D eigenvalue weighted by molar-refractivity contribution is 8.01. The number of aromatic carboxylic acids is 1. The Kier molecular flexibility index (Phi) is 7.08. The summed E-state index contributed by atoms with van der Waals surface area (Å²) in [5.74, 6) is -4.36. The molecule has 1 saturated heterocycles. The van der Waals surface area contributed by atoms with E-state index in [1.165, 1.54) is 17.8 Å². The topological polar surface area (TPSA) is 205 Å². The second kappa shape index (κ2) is 10.0. The van der Waals surface area contributed by atoms with Crippen molar-refractivity contribution in [1.82, 2.24) is 30.4 Å². The van der Waals surface area contributed by atoms with Gasteiger partial charge in [0, 0.05) is 16.4 Å². The van der Waals surface area contributed by atoms with Gasteiger partial charge in [0.05, 0.1) is 12.0 Å². The predicted octanol–water partition coefficient (Wildman–Crippen LogP) is -0.409. The molecule has 4 heterocycles. The summed E-state index contributed by atoms with van der Waals surface area (Å²) < 4.78 is 1.07. The van der Waals surface area contributed by atoms with E-state index in [1.807, 2.05) is 0 Å². The Balaban J connectivity index is 1.43. The fourth-order valence-corrected chi connectivity index (χ4v) is 6.74. The first-order valence-corrected chi connectivity index (χ1v) is 12.7. The van der Waals surface area contributed by atoms with Crippen molar-refractivity contribution >= 4 is 64.6 Å². The Morgan fingerprint density at radius 1 is 1.20 bits per heavy atom. The molecule has 1 unspecified atom stereocenters. The molecular formula is C18H16N6O8S3. The van der Waals surface area contributed by atoms with Crippen molar-refractivity contribution in [2.24, 2.45) is 0 Å². The van der Waals surface area contributed by atoms with Crippen LogP contribution < -0.4 is 5.32 Å². The molecule has 2 atom stereocenters. The summed E-state index contributed by atoms with van der Waals surface area (Å²) in [7, 11) is 0. The van der Waals surface area contributed by atoms with Crippen molar-refractivity contribution in [3.05, 3.63) is 33.2 Å². The fourth-order valence-electron chi connectivity index (χ4n) is 3.51. The van der Waals surface area contributed by atoms with Crippen LogP contribution >= 0.6 is 34.9 Å². The van der Waals surface area contributed by atoms with Gasteiger partial charge in [0.25, 0.3) is 5.91 Å². The standard InChI is InChI=1S/C18H16N6O8S3/c25-10(3-9-8(16(29)30)1-2-33-9)19-12-14(28)24-13(17(31)32)7(5-34-15(12)24)6-35-18-20-21-22-23(18)4-11(26)27/h1-2,12,15H,3-6H2,(H,19,25)(H,26,27)(H,29,30)(H,31,32)/t12?,15-/m1/s1. The predicted molar refractivity (Wildman–Crippen MR) is 121 cm³/mol. The SMILES string of the molecule is O=C(O)Cn1nnnc1SCC1=C(C(=O)O)N2C(=O)C(NC(=O)Cc3sccc3C(=O)O)[C@H]2SC1. The second-order valence-corrected chi connectivity index (χ2v) is 10.3. The van der Waals surface area contributed by atoms with E-state index in [2.05, 4.69) is 20.8 Å². The molecule has 4 N–H and O–H groups in total. The van der Waals surface area contributed by atoms with E-state index in [1.54, 1.807) is 5.38 Å². The largest absolute Gasteiger partial charge is 0.480 e. The van der Waals surface area contributed by atoms with Crippen molar-refractivity contribution in [3.63, 3.8) is 0 Å². The monoisotopic (exact) mass is 540 g/mol. The van der Waals surface area contributed by atoms with E-state index in [9.17, 15) is 34.2 Å². The molecule has 0 spiro atoms. The average molecular weight is 541 g/mol. The number of hydrogen-bond acceptors (Lipinski definition) is 11. The highest BCUT2D eigenvalue weighted by Crippen LogP contribution is 2.41. The summed E-state index contributed by atoms with van der Waals surface area (Å²) in [4.78, 5) is 60.8. The highest BCUT2D eigenvalue weighted by Gasteiger charge is 2.54. The number of amides is 2. The third-order valence-electron chi connectivity index (χ3n) is 5.02. The number of hydrogen-bond donors (Lipinski definition) is 4. The normalized spacial score (nSPS) is 19.2. The molecule has 14 nitrogen and oxygen atoms in total. The number of aromatic nitrogens is 4. The number of thiophene rings is 1. The van der Waals surface area contributed by atoms with Crippen LogP contribution in [-0.4, -0.2) is 93.1 Å². The maximum atomic E-state index is 12.8. The lowest BCUT2D eigenvalue weighted by molar-refractivity contribution is -0.150. The summed E-state index contributed by atoms with van der Waals surface area (Å²) in [5, 5.41) is 42.3. The molecule has 0 bridgehead atoms. The van der Waals surface area contributed by atoms with Crippen LogP contribution in [0.25, 0.3) is 0 Å². The first-order valence-electron chi connectivity index (χ1n) is 9.77. The van der Waals surface area contributed by atoms with Gasteiger partial charge in [-0.2, -0.15) is 0 Å². The minimum atomic E-state index is -1.31. The van der Waals surface area contributed by atoms with Crippen molar-refractivity contribution in [3.8, 4) is 0 Å². The quantitative estimate of drug-likeness (QED) is 0.224. The first-order chi connectivity index (χ1) is 16.7. The Morgan fingerprint density at radius 2 is 1.97 bits per heavy atom. The number of nitrogens with zero attached hydrogens (tertiary/aromatic N) is 5. The Bertz CT molecular complexity index is 1260. The van der Waals surface area contributed by atoms with Gasteiger partial charge < -0.3 is 20.6 Å². The Morgan fingerprint density at radius 3 is 2.66 bits per heavy atom. The van der Waals surface area contributed by atoms with Gasteiger partial charge in [0.15, 0.2) is 0 Å². The molecule has 2 aromatic rings. The molecule has 0 radical (unpaired) electrons. The number of aliphatic carboxylic acids is 2. The summed E-state index contributed by atoms with van der Waals surface area (Å²) in [6, 6.07) is 0.458. The number of tetrazole rings is 1. The summed E-state index contributed by atoms with van der Waals surface area (Å²) in [6.45, 7) is -0.456. The van der Waals surface area contributed by atoms with E-state index >= 15 is 0 Å². The van der Waals surface area contributed by atoms with Gasteiger partial charge in [-0.1, -0.05) is 11.8 Å². The van der Waals surface area contributed by atoms with E-state index in [0.717, 1.165) is 32.7 Å². The Labute approximate surface area is 208 Å². The minimum Gasteiger partial charge on any atom is -0.480 e. The molecule has 2 aliphatic heterocycles. The van der Waals surface area contributed by atoms with Crippen LogP contribution in [0.5, 0.6) is 0 Å². The third kappa shape index (κ3) is 5.01. The molecule has 0 aromatic carbocycles. The van der Waals surface area contributed by atoms with E-state index in [0.29, 0.717) is 10.5 Å². The number of carbonyl (C=O) groups excluding carboxylic acids is 2. The van der Waals surface area contributed by atoms with Gasteiger partial charge in [-0.25, -0.2) is 14.3 Å². The first kappa shape index (κ1) is 24.7. The van der Waals surface area contributed by atoms with Gasteiger partial charge in [-0.05, 0) is 27.4 Å². The van der Waals surface area contributed by atoms with Crippen LogP contribution in [0.1, 0.15) is 15.2 Å². The minimum absolute atomic E-state index is 0.0198. The highest BCUT2D eigenvalue weighted by atomic mass is 32.2. The zero-order chi connectivity index (χ0) is 25.3. The average Bonchev–Trinajstić information content (AvgIpc) is 3.44. The summed E-state index contributed by atoms with van der Waals surface area (Å²) >= 11 is 3.44. The number of β-lactam (4-membered cyclic amide) rings is 1. The number of fused-ring (bicyclic) bond motifs is 1. The molecule has 2 amide bonds. The van der Waals surface area contributed by atoms with Gasteiger partial charge in [-0.3, -0.25) is 19.3 Å². The lowest BCUT2D eigenvalue weighted by Crippen LogP contribution is -2.70. The summed E-state index contributed by atoms with van der Waals surface area (Å²) in [6.07, 6.45) is -0.213. The molecule has 1 fully saturated rings. The number of thioether (sulfide) groups is 2. The number of nitrogens with one attached hydrogen (secondary N) is 1. The molecule has 4 rings (SSSR count).